The second-order valence-electron chi connectivity index (χ2n) is 2.01. The van der Waals surface area contributed by atoms with Crippen LogP contribution in [0, 0.1) is 0 Å². The molecule has 0 bridgehead atoms. The summed E-state index contributed by atoms with van der Waals surface area (Å²) < 4.78 is 0. The van der Waals surface area contributed by atoms with Crippen molar-refractivity contribution in [3.8, 4) is 0 Å². The third-order valence-electron chi connectivity index (χ3n) is 1.40. The van der Waals surface area contributed by atoms with Gasteiger partial charge in [0, 0.05) is 5.75 Å². The minimum Gasteiger partial charge on any atom is -0.248 e. The first-order chi connectivity index (χ1) is 4.47. The third kappa shape index (κ3) is 0.812. The predicted octanol–water partition coefficient (Wildman–Crippen LogP) is 0.643. The summed E-state index contributed by atoms with van der Waals surface area (Å²) in [6.07, 6.45) is 3.69. The Balaban J connectivity index is 2.54. The summed E-state index contributed by atoms with van der Waals surface area (Å²) in [5.41, 5.74) is 2.52. The number of nitrogens with one attached hydrogen (secondary N) is 1. The highest BCUT2D eigenvalue weighted by Crippen LogP contribution is 2.23. The van der Waals surface area contributed by atoms with Crippen LogP contribution in [0.2, 0.25) is 0 Å². The van der Waals surface area contributed by atoms with Crippen molar-refractivity contribution in [2.45, 2.75) is 11.5 Å². The first-order valence-electron chi connectivity index (χ1n) is 2.89. The molecular weight excluding hydrogens is 132 g/mol. The number of thioether (sulfide) groups is 1. The van der Waals surface area contributed by atoms with Gasteiger partial charge in [-0.05, 0) is 0 Å². The van der Waals surface area contributed by atoms with Gasteiger partial charge in [-0.1, -0.05) is 0 Å². The van der Waals surface area contributed by atoms with E-state index in [1.54, 1.807) is 0 Å². The van der Waals surface area contributed by atoms with Gasteiger partial charge in [0.15, 0.2) is 6.20 Å². The molecule has 0 atom stereocenters. The molecule has 1 aromatic heterocycles. The Bertz CT molecular complexity index is 201. The lowest BCUT2D eigenvalue weighted by atomic mass is 10.4. The molecule has 2 rings (SSSR count). The zero-order valence-corrected chi connectivity index (χ0v) is 5.74. The molecule has 1 aromatic rings. The molecule has 0 spiro atoms. The number of hydrogen-bond donors (Lipinski definition) is 0. The van der Waals surface area contributed by atoms with Gasteiger partial charge in [0.2, 0.25) is 5.69 Å². The van der Waals surface area contributed by atoms with Crippen LogP contribution in [0.3, 0.4) is 0 Å². The summed E-state index contributed by atoms with van der Waals surface area (Å²) in [5.74, 6) is 2.18. The van der Waals surface area contributed by atoms with Crippen LogP contribution in [-0.4, -0.2) is 4.98 Å². The first kappa shape index (κ1) is 5.23. The van der Waals surface area contributed by atoms with Crippen molar-refractivity contribution in [1.29, 1.82) is 0 Å². The number of H-pyrrole nitrogens is 1. The number of hydrogen-bond acceptors (Lipinski definition) is 2. The molecule has 2 nitrogen and oxygen atoms in total. The van der Waals surface area contributed by atoms with Crippen LogP contribution in [0.25, 0.3) is 0 Å². The molecule has 0 fully saturated rings. The lowest BCUT2D eigenvalue weighted by Gasteiger charge is -1.83. The van der Waals surface area contributed by atoms with Gasteiger partial charge in [-0.2, -0.15) is 0 Å². The van der Waals surface area contributed by atoms with E-state index in [-0.39, 0.29) is 0 Å². The fourth-order valence-electron chi connectivity index (χ4n) is 0.925. The molecular formula is C6H7N2S+. The average Bonchev–Trinajstić information content (AvgIpc) is 2.33. The van der Waals surface area contributed by atoms with Crippen molar-refractivity contribution >= 4 is 11.8 Å². The summed E-state index contributed by atoms with van der Waals surface area (Å²) in [5, 5.41) is 0. The van der Waals surface area contributed by atoms with Gasteiger partial charge in [-0.3, -0.25) is 0 Å². The molecule has 9 heavy (non-hydrogen) atoms. The fourth-order valence-corrected chi connectivity index (χ4v) is 1.92. The molecule has 2 heterocycles. The molecule has 0 aromatic carbocycles. The largest absolute Gasteiger partial charge is 0.248 e. The summed E-state index contributed by atoms with van der Waals surface area (Å²) in [6, 6.07) is 0. The maximum atomic E-state index is 4.21. The maximum Gasteiger partial charge on any atom is 0.212 e. The van der Waals surface area contributed by atoms with E-state index in [0.717, 1.165) is 11.5 Å². The van der Waals surface area contributed by atoms with Crippen molar-refractivity contribution in [3.63, 3.8) is 0 Å². The van der Waals surface area contributed by atoms with Crippen LogP contribution in [0.5, 0.6) is 0 Å². The fraction of sp³-hybridized carbons (Fsp3) is 0.333. The summed E-state index contributed by atoms with van der Waals surface area (Å²) >= 11 is 1.91. The minimum atomic E-state index is 1.08. The molecule has 46 valence electrons. The van der Waals surface area contributed by atoms with Crippen molar-refractivity contribution in [1.82, 2.24) is 4.98 Å². The van der Waals surface area contributed by atoms with E-state index in [4.69, 9.17) is 0 Å². The average molecular weight is 139 g/mol. The van der Waals surface area contributed by atoms with Crippen LogP contribution in [0.15, 0.2) is 12.4 Å². The molecule has 0 unspecified atom stereocenters. The SMILES string of the molecule is c1c[nH+]c2c(n1)CSC2. The standard InChI is InChI=1S/C6H6N2S/c1-2-8-6-4-9-3-5(6)7-1/h1-2H,3-4H2/p+1. The van der Waals surface area contributed by atoms with Crippen molar-refractivity contribution in [2.75, 3.05) is 0 Å². The lowest BCUT2D eigenvalue weighted by Crippen LogP contribution is -2.09. The minimum absolute atomic E-state index is 1.08. The third-order valence-corrected chi connectivity index (χ3v) is 2.37. The molecule has 0 radical (unpaired) electrons. The van der Waals surface area contributed by atoms with Gasteiger partial charge in [0.25, 0.3) is 0 Å². The Morgan fingerprint density at radius 3 is 3.44 bits per heavy atom. The number of fused-ring (bicyclic) bond motifs is 1. The smallest absolute Gasteiger partial charge is 0.212 e. The Morgan fingerprint density at radius 1 is 1.56 bits per heavy atom. The number of aromatic amines is 1. The highest BCUT2D eigenvalue weighted by Gasteiger charge is 2.16. The highest BCUT2D eigenvalue weighted by molar-refractivity contribution is 7.98. The van der Waals surface area contributed by atoms with Gasteiger partial charge in [-0.25, -0.2) is 9.97 Å². The number of aromatic nitrogens is 2. The normalized spacial score (nSPS) is 15.6. The molecule has 3 heteroatoms. The summed E-state index contributed by atoms with van der Waals surface area (Å²) in [4.78, 5) is 7.37. The molecule has 0 aliphatic carbocycles. The first-order valence-corrected chi connectivity index (χ1v) is 4.04. The van der Waals surface area contributed by atoms with E-state index in [9.17, 15) is 0 Å². The Morgan fingerprint density at radius 2 is 2.56 bits per heavy atom. The lowest BCUT2D eigenvalue weighted by molar-refractivity contribution is -0.389. The number of rotatable bonds is 0. The Kier molecular flexibility index (Phi) is 1.16. The Labute approximate surface area is 57.7 Å². The van der Waals surface area contributed by atoms with E-state index in [2.05, 4.69) is 9.97 Å². The van der Waals surface area contributed by atoms with Crippen LogP contribution >= 0.6 is 11.8 Å². The second kappa shape index (κ2) is 1.99. The maximum absolute atomic E-state index is 4.21. The van der Waals surface area contributed by atoms with Crippen molar-refractivity contribution in [3.05, 3.63) is 23.8 Å². The van der Waals surface area contributed by atoms with Crippen LogP contribution < -0.4 is 4.98 Å². The zero-order valence-electron chi connectivity index (χ0n) is 4.92. The quantitative estimate of drug-likeness (QED) is 0.527. The molecule has 0 saturated carbocycles. The van der Waals surface area contributed by atoms with Gasteiger partial charge in [-0.15, -0.1) is 11.8 Å². The van der Waals surface area contributed by atoms with E-state index >= 15 is 0 Å². The number of nitrogens with zero attached hydrogens (tertiary/aromatic N) is 1. The molecule has 1 aliphatic rings. The van der Waals surface area contributed by atoms with E-state index in [1.165, 1.54) is 11.4 Å². The van der Waals surface area contributed by atoms with Crippen molar-refractivity contribution < 1.29 is 4.98 Å². The van der Waals surface area contributed by atoms with E-state index in [1.807, 2.05) is 24.2 Å². The van der Waals surface area contributed by atoms with Gasteiger partial charge >= 0.3 is 0 Å². The van der Waals surface area contributed by atoms with Gasteiger partial charge < -0.3 is 0 Å². The van der Waals surface area contributed by atoms with E-state index < -0.39 is 0 Å². The molecule has 0 amide bonds. The second-order valence-corrected chi connectivity index (χ2v) is 2.99. The summed E-state index contributed by atoms with van der Waals surface area (Å²) in [7, 11) is 0. The topological polar surface area (TPSA) is 27.0 Å². The van der Waals surface area contributed by atoms with Crippen LogP contribution in [0.4, 0.5) is 0 Å². The van der Waals surface area contributed by atoms with E-state index in [0.29, 0.717) is 0 Å². The molecule has 0 saturated heterocycles. The molecule has 1 aliphatic heterocycles. The predicted molar refractivity (Wildman–Crippen MR) is 35.8 cm³/mol. The van der Waals surface area contributed by atoms with Crippen LogP contribution in [-0.2, 0) is 11.5 Å². The highest BCUT2D eigenvalue weighted by atomic mass is 32.2. The van der Waals surface area contributed by atoms with Crippen molar-refractivity contribution in [2.24, 2.45) is 0 Å². The Hall–Kier alpha value is -0.570. The monoisotopic (exact) mass is 139 g/mol. The molecule has 1 N–H and O–H groups in total. The van der Waals surface area contributed by atoms with Crippen LogP contribution in [0.1, 0.15) is 11.4 Å². The zero-order chi connectivity index (χ0) is 6.10. The van der Waals surface area contributed by atoms with Gasteiger partial charge in [0.05, 0.1) is 11.9 Å². The van der Waals surface area contributed by atoms with Gasteiger partial charge in [0.1, 0.15) is 5.69 Å². The summed E-state index contributed by atoms with van der Waals surface area (Å²) in [6.45, 7) is 0.